The largest absolute Gasteiger partial charge is 0.326 e. The van der Waals surface area contributed by atoms with Crippen LogP contribution in [0.1, 0.15) is 11.3 Å². The quantitative estimate of drug-likeness (QED) is 0.942. The lowest BCUT2D eigenvalue weighted by molar-refractivity contribution is -0.128. The maximum atomic E-state index is 12.1. The van der Waals surface area contributed by atoms with E-state index in [0.717, 1.165) is 10.6 Å². The van der Waals surface area contributed by atoms with Gasteiger partial charge in [-0.2, -0.15) is 0 Å². The van der Waals surface area contributed by atoms with Crippen LogP contribution in [0.5, 0.6) is 0 Å². The van der Waals surface area contributed by atoms with Crippen molar-refractivity contribution in [2.24, 2.45) is 4.99 Å². The number of amides is 1. The van der Waals surface area contributed by atoms with Crippen molar-refractivity contribution >= 4 is 41.3 Å². The molecule has 3 rings (SSSR count). The van der Waals surface area contributed by atoms with Crippen LogP contribution in [0.2, 0.25) is 0 Å². The monoisotopic (exact) mass is 321 g/mol. The second kappa shape index (κ2) is 7.24. The number of guanidine groups is 1. The van der Waals surface area contributed by atoms with Crippen LogP contribution in [0.3, 0.4) is 0 Å². The minimum atomic E-state index is 0. The lowest BCUT2D eigenvalue weighted by Gasteiger charge is -2.27. The Labute approximate surface area is 133 Å². The van der Waals surface area contributed by atoms with Gasteiger partial charge in [-0.05, 0) is 23.6 Å². The van der Waals surface area contributed by atoms with Crippen molar-refractivity contribution in [3.8, 4) is 0 Å². The van der Waals surface area contributed by atoms with Crippen molar-refractivity contribution in [3.05, 3.63) is 52.7 Å². The van der Waals surface area contributed by atoms with Gasteiger partial charge in [-0.3, -0.25) is 14.7 Å². The highest BCUT2D eigenvalue weighted by Gasteiger charge is 2.23. The number of thiophene rings is 1. The van der Waals surface area contributed by atoms with Gasteiger partial charge < -0.3 is 5.32 Å². The summed E-state index contributed by atoms with van der Waals surface area (Å²) >= 11 is 1.65. The van der Waals surface area contributed by atoms with E-state index in [1.54, 1.807) is 16.2 Å². The summed E-state index contributed by atoms with van der Waals surface area (Å²) in [5.41, 5.74) is 0.942. The van der Waals surface area contributed by atoms with Crippen LogP contribution in [0.25, 0.3) is 0 Å². The Morgan fingerprint density at radius 2 is 2.00 bits per heavy atom. The van der Waals surface area contributed by atoms with Crippen LogP contribution in [0.15, 0.2) is 52.8 Å². The molecule has 0 unspecified atom stereocenters. The molecule has 110 valence electrons. The molecule has 0 spiro atoms. The highest BCUT2D eigenvalue weighted by atomic mass is 35.5. The number of nitrogens with zero attached hydrogens (tertiary/aromatic N) is 2. The number of hydrogen-bond donors (Lipinski definition) is 1. The number of para-hydroxylation sites is 1. The molecule has 1 N–H and O–H groups in total. The van der Waals surface area contributed by atoms with Gasteiger partial charge >= 0.3 is 0 Å². The Morgan fingerprint density at radius 3 is 2.71 bits per heavy atom. The molecule has 2 heterocycles. The molecule has 6 heteroatoms. The van der Waals surface area contributed by atoms with Gasteiger partial charge in [0.2, 0.25) is 11.9 Å². The third-order valence-corrected chi connectivity index (χ3v) is 3.93. The van der Waals surface area contributed by atoms with Crippen LogP contribution in [-0.2, 0) is 11.3 Å². The first kappa shape index (κ1) is 15.5. The van der Waals surface area contributed by atoms with Gasteiger partial charge in [-0.1, -0.05) is 24.3 Å². The Hall–Kier alpha value is -1.85. The SMILES string of the molecule is Cl.O=C1CCN=C(Nc2ccccc2)N1Cc1cccs1. The van der Waals surface area contributed by atoms with Gasteiger partial charge in [0, 0.05) is 17.0 Å². The molecule has 21 heavy (non-hydrogen) atoms. The van der Waals surface area contributed by atoms with Crippen LogP contribution in [0.4, 0.5) is 5.69 Å². The second-order valence-corrected chi connectivity index (χ2v) is 5.54. The van der Waals surface area contributed by atoms with Crippen molar-refractivity contribution in [2.45, 2.75) is 13.0 Å². The summed E-state index contributed by atoms with van der Waals surface area (Å²) in [4.78, 5) is 19.5. The van der Waals surface area contributed by atoms with Crippen LogP contribution >= 0.6 is 23.7 Å². The molecule has 4 nitrogen and oxygen atoms in total. The highest BCUT2D eigenvalue weighted by Crippen LogP contribution is 2.17. The van der Waals surface area contributed by atoms with E-state index >= 15 is 0 Å². The van der Waals surface area contributed by atoms with Gasteiger partial charge in [0.15, 0.2) is 0 Å². The number of hydrogen-bond acceptors (Lipinski definition) is 4. The van der Waals surface area contributed by atoms with Crippen molar-refractivity contribution < 1.29 is 4.79 Å². The normalized spacial score (nSPS) is 14.4. The number of rotatable bonds is 3. The van der Waals surface area contributed by atoms with E-state index in [1.165, 1.54) is 0 Å². The Morgan fingerprint density at radius 1 is 1.19 bits per heavy atom. The summed E-state index contributed by atoms with van der Waals surface area (Å²) in [6.45, 7) is 1.13. The summed E-state index contributed by atoms with van der Waals surface area (Å²) in [5.74, 6) is 0.757. The van der Waals surface area contributed by atoms with E-state index in [2.05, 4.69) is 10.3 Å². The molecule has 0 atom stereocenters. The van der Waals surface area contributed by atoms with E-state index in [1.807, 2.05) is 47.8 Å². The first-order chi connectivity index (χ1) is 9.83. The lowest BCUT2D eigenvalue weighted by atomic mass is 10.3. The number of aliphatic imine (C=N–C) groups is 1. The van der Waals surface area contributed by atoms with Crippen molar-refractivity contribution in [3.63, 3.8) is 0 Å². The lowest BCUT2D eigenvalue weighted by Crippen LogP contribution is -2.43. The third kappa shape index (κ3) is 3.83. The summed E-state index contributed by atoms with van der Waals surface area (Å²) in [6.07, 6.45) is 0.478. The van der Waals surface area contributed by atoms with Gasteiger partial charge in [-0.15, -0.1) is 23.7 Å². The number of carbonyl (C=O) groups excluding carboxylic acids is 1. The molecule has 1 aliphatic rings. The van der Waals surface area contributed by atoms with Crippen molar-refractivity contribution in [1.82, 2.24) is 4.90 Å². The fourth-order valence-corrected chi connectivity index (χ4v) is 2.77. The fraction of sp³-hybridized carbons (Fsp3) is 0.200. The molecule has 0 bridgehead atoms. The first-order valence-electron chi connectivity index (χ1n) is 6.52. The zero-order valence-electron chi connectivity index (χ0n) is 11.4. The maximum Gasteiger partial charge on any atom is 0.231 e. The van der Waals surface area contributed by atoms with Crippen molar-refractivity contribution in [1.29, 1.82) is 0 Å². The molecule has 0 aliphatic carbocycles. The summed E-state index contributed by atoms with van der Waals surface area (Å²) in [7, 11) is 0. The van der Waals surface area contributed by atoms with Crippen LogP contribution in [0, 0.1) is 0 Å². The van der Waals surface area contributed by atoms with Gasteiger partial charge in [0.1, 0.15) is 0 Å². The summed E-state index contributed by atoms with van der Waals surface area (Å²) < 4.78 is 0. The Balaban J connectivity index is 0.00000161. The summed E-state index contributed by atoms with van der Waals surface area (Å²) in [6, 6.07) is 13.8. The van der Waals surface area contributed by atoms with Gasteiger partial charge in [0.25, 0.3) is 0 Å². The smallest absolute Gasteiger partial charge is 0.231 e. The molecule has 1 aromatic heterocycles. The standard InChI is InChI=1S/C15H15N3OS.ClH/c19-14-8-9-16-15(17-12-5-2-1-3-6-12)18(14)11-13-7-4-10-20-13;/h1-7,10H,8-9,11H2,(H,16,17);1H. The van der Waals surface area contributed by atoms with E-state index in [9.17, 15) is 4.79 Å². The third-order valence-electron chi connectivity index (χ3n) is 3.07. The van der Waals surface area contributed by atoms with Gasteiger partial charge in [-0.25, -0.2) is 0 Å². The minimum Gasteiger partial charge on any atom is -0.326 e. The zero-order chi connectivity index (χ0) is 13.8. The predicted octanol–water partition coefficient (Wildman–Crippen LogP) is 3.37. The number of anilines is 1. The first-order valence-corrected chi connectivity index (χ1v) is 7.40. The van der Waals surface area contributed by atoms with Crippen molar-refractivity contribution in [2.75, 3.05) is 11.9 Å². The molecule has 0 saturated heterocycles. The molecule has 0 radical (unpaired) electrons. The molecule has 1 aromatic carbocycles. The minimum absolute atomic E-state index is 0. The fourth-order valence-electron chi connectivity index (χ4n) is 2.07. The van der Waals surface area contributed by atoms with E-state index in [4.69, 9.17) is 0 Å². The van der Waals surface area contributed by atoms with E-state index in [0.29, 0.717) is 25.5 Å². The van der Waals surface area contributed by atoms with E-state index < -0.39 is 0 Å². The maximum absolute atomic E-state index is 12.1. The Bertz CT molecular complexity index is 613. The highest BCUT2D eigenvalue weighted by molar-refractivity contribution is 7.09. The molecular formula is C15H16ClN3OS. The number of halogens is 1. The molecule has 1 aliphatic heterocycles. The summed E-state index contributed by atoms with van der Waals surface area (Å²) in [5, 5.41) is 5.25. The molecule has 1 amide bonds. The van der Waals surface area contributed by atoms with E-state index in [-0.39, 0.29) is 18.3 Å². The Kier molecular flexibility index (Phi) is 5.36. The average molecular weight is 322 g/mol. The average Bonchev–Trinajstić information content (AvgIpc) is 2.97. The number of nitrogens with one attached hydrogen (secondary N) is 1. The molecular weight excluding hydrogens is 306 g/mol. The number of benzene rings is 1. The molecule has 0 fully saturated rings. The van der Waals surface area contributed by atoms with Crippen LogP contribution in [-0.4, -0.2) is 23.3 Å². The molecule has 2 aromatic rings. The zero-order valence-corrected chi connectivity index (χ0v) is 13.0. The second-order valence-electron chi connectivity index (χ2n) is 4.51. The topological polar surface area (TPSA) is 44.7 Å². The van der Waals surface area contributed by atoms with Crippen LogP contribution < -0.4 is 5.32 Å². The number of carbonyl (C=O) groups is 1. The van der Waals surface area contributed by atoms with Gasteiger partial charge in [0.05, 0.1) is 13.1 Å². The predicted molar refractivity (Wildman–Crippen MR) is 89.1 cm³/mol. The molecule has 0 saturated carbocycles.